The highest BCUT2D eigenvalue weighted by Gasteiger charge is 2.07. The van der Waals surface area contributed by atoms with Crippen LogP contribution in [0, 0.1) is 6.92 Å². The topological polar surface area (TPSA) is 47.0 Å². The van der Waals surface area contributed by atoms with Crippen molar-refractivity contribution in [3.63, 3.8) is 0 Å². The smallest absolute Gasteiger partial charge is 0.153 e. The second-order valence-corrected chi connectivity index (χ2v) is 2.65. The van der Waals surface area contributed by atoms with E-state index in [1.54, 1.807) is 6.92 Å². The van der Waals surface area contributed by atoms with Gasteiger partial charge in [-0.1, -0.05) is 11.6 Å². The first-order valence-corrected chi connectivity index (χ1v) is 3.64. The average molecular weight is 184 g/mol. The van der Waals surface area contributed by atoms with Crippen LogP contribution in [0.4, 0.5) is 0 Å². The Morgan fingerprint density at radius 3 is 2.58 bits per heavy atom. The van der Waals surface area contributed by atoms with Gasteiger partial charge in [0.25, 0.3) is 0 Å². The summed E-state index contributed by atoms with van der Waals surface area (Å²) in [5.41, 5.74) is 1.05. The standard InChI is InChI=1S/C8H6ClNO2/c1-5-2-6(3-11)7(4-12)8(9)10-5/h2-4H,1H3. The number of aldehydes is 2. The lowest BCUT2D eigenvalue weighted by Crippen LogP contribution is -1.96. The van der Waals surface area contributed by atoms with Gasteiger partial charge in [-0.25, -0.2) is 4.98 Å². The summed E-state index contributed by atoms with van der Waals surface area (Å²) in [5, 5.41) is 0.0760. The predicted octanol–water partition coefficient (Wildman–Crippen LogP) is 1.67. The van der Waals surface area contributed by atoms with Crippen LogP contribution in [0.25, 0.3) is 0 Å². The molecule has 0 N–H and O–H groups in total. The molecule has 1 heterocycles. The fourth-order valence-electron chi connectivity index (χ4n) is 0.883. The molecule has 0 atom stereocenters. The number of hydrogen-bond donors (Lipinski definition) is 0. The molecular formula is C8H6ClNO2. The number of nitrogens with zero attached hydrogens (tertiary/aromatic N) is 1. The lowest BCUT2D eigenvalue weighted by atomic mass is 10.1. The van der Waals surface area contributed by atoms with Crippen molar-refractivity contribution in [3.05, 3.63) is 28.0 Å². The number of aromatic nitrogens is 1. The number of carbonyl (C=O) groups excluding carboxylic acids is 2. The Morgan fingerprint density at radius 2 is 2.08 bits per heavy atom. The Labute approximate surface area is 74.4 Å². The Balaban J connectivity index is 3.43. The molecule has 0 radical (unpaired) electrons. The molecule has 0 aliphatic carbocycles. The van der Waals surface area contributed by atoms with E-state index >= 15 is 0 Å². The van der Waals surface area contributed by atoms with Gasteiger partial charge in [-0.3, -0.25) is 9.59 Å². The highest BCUT2D eigenvalue weighted by Crippen LogP contribution is 2.15. The molecule has 0 amide bonds. The molecule has 1 aromatic heterocycles. The van der Waals surface area contributed by atoms with Crippen LogP contribution in [-0.4, -0.2) is 17.6 Å². The Hall–Kier alpha value is -1.22. The minimum atomic E-state index is 0.0760. The minimum absolute atomic E-state index is 0.0760. The van der Waals surface area contributed by atoms with Gasteiger partial charge in [-0.2, -0.15) is 0 Å². The van der Waals surface area contributed by atoms with Crippen molar-refractivity contribution in [2.75, 3.05) is 0 Å². The summed E-state index contributed by atoms with van der Waals surface area (Å²) in [5.74, 6) is 0. The summed E-state index contributed by atoms with van der Waals surface area (Å²) in [6, 6.07) is 1.52. The maximum Gasteiger partial charge on any atom is 0.153 e. The normalized spacial score (nSPS) is 9.50. The molecule has 0 unspecified atom stereocenters. The van der Waals surface area contributed by atoms with Crippen molar-refractivity contribution < 1.29 is 9.59 Å². The van der Waals surface area contributed by atoms with E-state index < -0.39 is 0 Å². The third kappa shape index (κ3) is 1.51. The first-order chi connectivity index (χ1) is 5.69. The highest BCUT2D eigenvalue weighted by atomic mass is 35.5. The lowest BCUT2D eigenvalue weighted by Gasteiger charge is -2.00. The van der Waals surface area contributed by atoms with Gasteiger partial charge in [0, 0.05) is 11.3 Å². The van der Waals surface area contributed by atoms with Crippen LogP contribution in [0.1, 0.15) is 26.4 Å². The van der Waals surface area contributed by atoms with E-state index in [1.807, 2.05) is 0 Å². The van der Waals surface area contributed by atoms with E-state index in [4.69, 9.17) is 11.6 Å². The maximum absolute atomic E-state index is 10.4. The molecule has 0 aromatic carbocycles. The zero-order chi connectivity index (χ0) is 9.14. The molecule has 0 saturated heterocycles. The fourth-order valence-corrected chi connectivity index (χ4v) is 1.17. The first kappa shape index (κ1) is 8.87. The van der Waals surface area contributed by atoms with Gasteiger partial charge in [0.15, 0.2) is 12.6 Å². The van der Waals surface area contributed by atoms with Gasteiger partial charge < -0.3 is 0 Å². The van der Waals surface area contributed by atoms with E-state index in [9.17, 15) is 9.59 Å². The second-order valence-electron chi connectivity index (χ2n) is 2.29. The molecule has 0 saturated carbocycles. The number of hydrogen-bond acceptors (Lipinski definition) is 3. The number of carbonyl (C=O) groups is 2. The molecule has 0 fully saturated rings. The SMILES string of the molecule is Cc1cc(C=O)c(C=O)c(Cl)n1. The molecule has 1 aromatic rings. The molecular weight excluding hydrogens is 178 g/mol. The predicted molar refractivity (Wildman–Crippen MR) is 44.8 cm³/mol. The Morgan fingerprint density at radius 1 is 1.42 bits per heavy atom. The largest absolute Gasteiger partial charge is 0.298 e. The van der Waals surface area contributed by atoms with Crippen LogP contribution >= 0.6 is 11.6 Å². The van der Waals surface area contributed by atoms with E-state index in [0.29, 0.717) is 18.3 Å². The summed E-state index contributed by atoms with van der Waals surface area (Å²) < 4.78 is 0. The van der Waals surface area contributed by atoms with Gasteiger partial charge in [-0.15, -0.1) is 0 Å². The van der Waals surface area contributed by atoms with Crippen molar-refractivity contribution in [1.29, 1.82) is 0 Å². The van der Waals surface area contributed by atoms with E-state index in [-0.39, 0.29) is 16.3 Å². The molecule has 1 rings (SSSR count). The summed E-state index contributed by atoms with van der Waals surface area (Å²) >= 11 is 5.61. The zero-order valence-electron chi connectivity index (χ0n) is 6.37. The third-order valence-electron chi connectivity index (χ3n) is 1.42. The molecule has 12 heavy (non-hydrogen) atoms. The summed E-state index contributed by atoms with van der Waals surface area (Å²) in [6.45, 7) is 1.70. The number of halogens is 1. The van der Waals surface area contributed by atoms with E-state index in [0.717, 1.165) is 0 Å². The number of aryl methyl sites for hydroxylation is 1. The van der Waals surface area contributed by atoms with Crippen LogP contribution < -0.4 is 0 Å². The van der Waals surface area contributed by atoms with Crippen molar-refractivity contribution in [2.45, 2.75) is 6.92 Å². The monoisotopic (exact) mass is 183 g/mol. The number of rotatable bonds is 2. The lowest BCUT2D eigenvalue weighted by molar-refractivity contribution is 0.109. The van der Waals surface area contributed by atoms with Gasteiger partial charge in [0.1, 0.15) is 5.15 Å². The molecule has 0 bridgehead atoms. The molecule has 3 nitrogen and oxygen atoms in total. The van der Waals surface area contributed by atoms with Crippen molar-refractivity contribution in [3.8, 4) is 0 Å². The van der Waals surface area contributed by atoms with E-state index in [2.05, 4.69) is 4.98 Å². The summed E-state index contributed by atoms with van der Waals surface area (Å²) in [4.78, 5) is 24.7. The maximum atomic E-state index is 10.4. The van der Waals surface area contributed by atoms with E-state index in [1.165, 1.54) is 6.07 Å². The van der Waals surface area contributed by atoms with Crippen molar-refractivity contribution in [2.24, 2.45) is 0 Å². The second kappa shape index (κ2) is 3.45. The fraction of sp³-hybridized carbons (Fsp3) is 0.125. The van der Waals surface area contributed by atoms with Gasteiger partial charge in [0.05, 0.1) is 5.56 Å². The summed E-state index contributed by atoms with van der Waals surface area (Å²) in [7, 11) is 0. The third-order valence-corrected chi connectivity index (χ3v) is 1.71. The Bertz CT molecular complexity index is 336. The quantitative estimate of drug-likeness (QED) is 0.518. The summed E-state index contributed by atoms with van der Waals surface area (Å²) in [6.07, 6.45) is 1.11. The minimum Gasteiger partial charge on any atom is -0.298 e. The van der Waals surface area contributed by atoms with Gasteiger partial charge in [0.2, 0.25) is 0 Å². The van der Waals surface area contributed by atoms with Crippen LogP contribution in [0.3, 0.4) is 0 Å². The zero-order valence-corrected chi connectivity index (χ0v) is 7.13. The van der Waals surface area contributed by atoms with Crippen LogP contribution in [-0.2, 0) is 0 Å². The highest BCUT2D eigenvalue weighted by molar-refractivity contribution is 6.32. The first-order valence-electron chi connectivity index (χ1n) is 3.26. The van der Waals surface area contributed by atoms with Crippen LogP contribution in [0.5, 0.6) is 0 Å². The van der Waals surface area contributed by atoms with Crippen LogP contribution in [0.15, 0.2) is 6.07 Å². The van der Waals surface area contributed by atoms with Crippen molar-refractivity contribution in [1.82, 2.24) is 4.98 Å². The molecule has 4 heteroatoms. The Kier molecular flexibility index (Phi) is 2.55. The molecule has 0 spiro atoms. The molecule has 62 valence electrons. The molecule has 0 aliphatic rings. The average Bonchev–Trinajstić information content (AvgIpc) is 2.03. The van der Waals surface area contributed by atoms with Gasteiger partial charge >= 0.3 is 0 Å². The van der Waals surface area contributed by atoms with Gasteiger partial charge in [-0.05, 0) is 13.0 Å². The number of pyridine rings is 1. The van der Waals surface area contributed by atoms with Crippen molar-refractivity contribution >= 4 is 24.2 Å². The molecule has 0 aliphatic heterocycles. The van der Waals surface area contributed by atoms with Crippen LogP contribution in [0.2, 0.25) is 5.15 Å².